The molecule has 0 aromatic carbocycles. The summed E-state index contributed by atoms with van der Waals surface area (Å²) < 4.78 is 13.2. The van der Waals surface area contributed by atoms with Crippen molar-refractivity contribution < 1.29 is 9.18 Å². The van der Waals surface area contributed by atoms with Crippen molar-refractivity contribution in [3.8, 4) is 0 Å². The van der Waals surface area contributed by atoms with Crippen molar-refractivity contribution in [2.75, 3.05) is 13.1 Å². The topological polar surface area (TPSA) is 59.2 Å². The summed E-state index contributed by atoms with van der Waals surface area (Å²) in [6.45, 7) is 1.19. The van der Waals surface area contributed by atoms with Crippen LogP contribution in [0.3, 0.4) is 0 Å². The van der Waals surface area contributed by atoms with Crippen molar-refractivity contribution in [3.05, 3.63) is 29.8 Å². The summed E-state index contributed by atoms with van der Waals surface area (Å²) in [7, 11) is 0. The van der Waals surface area contributed by atoms with Crippen LogP contribution in [0.5, 0.6) is 0 Å². The molecule has 5 heteroatoms. The molecule has 0 aliphatic heterocycles. The smallest absolute Gasteiger partial charge is 0.255 e. The molecule has 19 heavy (non-hydrogen) atoms. The molecule has 1 aromatic rings. The Morgan fingerprint density at radius 1 is 1.42 bits per heavy atom. The van der Waals surface area contributed by atoms with Crippen LogP contribution in [0.2, 0.25) is 0 Å². The summed E-state index contributed by atoms with van der Waals surface area (Å²) in [6.07, 6.45) is 7.66. The van der Waals surface area contributed by atoms with Crippen molar-refractivity contribution in [2.24, 2.45) is 5.73 Å². The van der Waals surface area contributed by atoms with Crippen molar-refractivity contribution in [1.29, 1.82) is 0 Å². The summed E-state index contributed by atoms with van der Waals surface area (Å²) in [5, 5.41) is 0. The van der Waals surface area contributed by atoms with Crippen molar-refractivity contribution >= 4 is 5.91 Å². The third-order valence-electron chi connectivity index (χ3n) is 3.58. The van der Waals surface area contributed by atoms with E-state index in [4.69, 9.17) is 5.73 Å². The molecule has 2 N–H and O–H groups in total. The number of pyridine rings is 1. The minimum Gasteiger partial charge on any atom is -0.336 e. The number of nitrogens with two attached hydrogens (primary N) is 1. The van der Waals surface area contributed by atoms with Gasteiger partial charge in [-0.05, 0) is 31.9 Å². The molecule has 1 aromatic heterocycles. The van der Waals surface area contributed by atoms with Crippen LogP contribution < -0.4 is 5.73 Å². The van der Waals surface area contributed by atoms with E-state index in [0.717, 1.165) is 38.3 Å². The van der Waals surface area contributed by atoms with Crippen LogP contribution in [0.1, 0.15) is 42.5 Å². The minimum absolute atomic E-state index is 0.132. The van der Waals surface area contributed by atoms with Gasteiger partial charge in [0, 0.05) is 18.8 Å². The molecule has 1 amide bonds. The van der Waals surface area contributed by atoms with Crippen LogP contribution in [0, 0.1) is 5.82 Å². The zero-order valence-electron chi connectivity index (χ0n) is 11.0. The highest BCUT2D eigenvalue weighted by Crippen LogP contribution is 2.25. The molecule has 1 aliphatic rings. The van der Waals surface area contributed by atoms with Gasteiger partial charge in [-0.1, -0.05) is 12.8 Å². The van der Waals surface area contributed by atoms with Crippen LogP contribution in [0.4, 0.5) is 4.39 Å². The number of amides is 1. The van der Waals surface area contributed by atoms with Crippen LogP contribution in [-0.2, 0) is 0 Å². The first kappa shape index (κ1) is 13.9. The van der Waals surface area contributed by atoms with Gasteiger partial charge in [0.25, 0.3) is 5.91 Å². The van der Waals surface area contributed by atoms with Gasteiger partial charge in [-0.2, -0.15) is 0 Å². The van der Waals surface area contributed by atoms with Crippen molar-refractivity contribution in [1.82, 2.24) is 9.88 Å². The third-order valence-corrected chi connectivity index (χ3v) is 3.58. The van der Waals surface area contributed by atoms with E-state index in [1.807, 2.05) is 4.90 Å². The van der Waals surface area contributed by atoms with E-state index < -0.39 is 5.82 Å². The second-order valence-electron chi connectivity index (χ2n) is 4.97. The molecule has 0 atom stereocenters. The molecule has 4 nitrogen and oxygen atoms in total. The summed E-state index contributed by atoms with van der Waals surface area (Å²) in [5.41, 5.74) is 5.85. The van der Waals surface area contributed by atoms with E-state index in [-0.39, 0.29) is 11.9 Å². The molecule has 104 valence electrons. The number of nitrogens with zero attached hydrogens (tertiary/aromatic N) is 2. The minimum atomic E-state index is -0.476. The predicted molar refractivity (Wildman–Crippen MR) is 71.2 cm³/mol. The van der Waals surface area contributed by atoms with E-state index in [2.05, 4.69) is 4.98 Å². The normalized spacial score (nSPS) is 15.7. The average molecular weight is 265 g/mol. The van der Waals surface area contributed by atoms with Gasteiger partial charge < -0.3 is 10.6 Å². The second kappa shape index (κ2) is 6.61. The molecule has 2 rings (SSSR count). The zero-order valence-corrected chi connectivity index (χ0v) is 11.0. The van der Waals surface area contributed by atoms with Gasteiger partial charge in [0.2, 0.25) is 0 Å². The monoisotopic (exact) mass is 265 g/mol. The summed E-state index contributed by atoms with van der Waals surface area (Å²) >= 11 is 0. The SMILES string of the molecule is NCCCN(C(=O)c1cncc(F)c1)C1CCCC1. The first-order valence-corrected chi connectivity index (χ1v) is 6.84. The summed E-state index contributed by atoms with van der Waals surface area (Å²) in [6, 6.07) is 1.52. The lowest BCUT2D eigenvalue weighted by Gasteiger charge is -2.29. The van der Waals surface area contributed by atoms with E-state index in [0.29, 0.717) is 18.7 Å². The Hall–Kier alpha value is -1.49. The molecular formula is C14H20FN3O. The van der Waals surface area contributed by atoms with Gasteiger partial charge in [0.15, 0.2) is 0 Å². The van der Waals surface area contributed by atoms with Gasteiger partial charge in [-0.3, -0.25) is 9.78 Å². The third kappa shape index (κ3) is 3.50. The Morgan fingerprint density at radius 3 is 2.79 bits per heavy atom. The maximum absolute atomic E-state index is 13.2. The molecule has 0 radical (unpaired) electrons. The summed E-state index contributed by atoms with van der Waals surface area (Å²) in [5.74, 6) is -0.608. The van der Waals surface area contributed by atoms with E-state index in [9.17, 15) is 9.18 Å². The molecule has 0 unspecified atom stereocenters. The van der Waals surface area contributed by atoms with Crippen LogP contribution in [0.15, 0.2) is 18.5 Å². The van der Waals surface area contributed by atoms with Crippen molar-refractivity contribution in [3.63, 3.8) is 0 Å². The van der Waals surface area contributed by atoms with Crippen LogP contribution >= 0.6 is 0 Å². The number of carbonyl (C=O) groups is 1. The predicted octanol–water partition coefficient (Wildman–Crippen LogP) is 1.95. The van der Waals surface area contributed by atoms with Gasteiger partial charge in [0.05, 0.1) is 11.8 Å². The Morgan fingerprint density at radius 2 is 2.16 bits per heavy atom. The fourth-order valence-electron chi connectivity index (χ4n) is 2.62. The number of halogens is 1. The molecule has 1 aliphatic carbocycles. The van der Waals surface area contributed by atoms with E-state index in [1.165, 1.54) is 12.3 Å². The largest absolute Gasteiger partial charge is 0.336 e. The highest BCUT2D eigenvalue weighted by molar-refractivity contribution is 5.94. The maximum atomic E-state index is 13.2. The van der Waals surface area contributed by atoms with Gasteiger partial charge in [-0.25, -0.2) is 4.39 Å². The number of aromatic nitrogens is 1. The fraction of sp³-hybridized carbons (Fsp3) is 0.571. The standard InChI is InChI=1S/C14H20FN3O/c15-12-8-11(9-17-10-12)14(19)18(7-3-6-16)13-4-1-2-5-13/h8-10,13H,1-7,16H2. The highest BCUT2D eigenvalue weighted by atomic mass is 19.1. The van der Waals surface area contributed by atoms with Gasteiger partial charge in [0.1, 0.15) is 5.82 Å². The van der Waals surface area contributed by atoms with Gasteiger partial charge >= 0.3 is 0 Å². The Bertz CT molecular complexity index is 432. The molecule has 1 heterocycles. The van der Waals surface area contributed by atoms with E-state index in [1.54, 1.807) is 0 Å². The highest BCUT2D eigenvalue weighted by Gasteiger charge is 2.27. The number of carbonyl (C=O) groups excluding carboxylic acids is 1. The Balaban J connectivity index is 2.14. The van der Waals surface area contributed by atoms with Crippen LogP contribution in [0.25, 0.3) is 0 Å². The first-order valence-electron chi connectivity index (χ1n) is 6.84. The second-order valence-corrected chi connectivity index (χ2v) is 4.97. The lowest BCUT2D eigenvalue weighted by molar-refractivity contribution is 0.0679. The van der Waals surface area contributed by atoms with Crippen molar-refractivity contribution in [2.45, 2.75) is 38.1 Å². The lowest BCUT2D eigenvalue weighted by atomic mass is 10.1. The molecular weight excluding hydrogens is 245 g/mol. The van der Waals surface area contributed by atoms with Gasteiger partial charge in [-0.15, -0.1) is 0 Å². The summed E-state index contributed by atoms with van der Waals surface area (Å²) in [4.78, 5) is 18.1. The zero-order chi connectivity index (χ0) is 13.7. The Labute approximate surface area is 112 Å². The number of rotatable bonds is 5. The molecule has 1 fully saturated rings. The number of hydrogen-bond donors (Lipinski definition) is 1. The number of hydrogen-bond acceptors (Lipinski definition) is 3. The molecule has 0 bridgehead atoms. The Kier molecular flexibility index (Phi) is 4.85. The molecule has 1 saturated carbocycles. The lowest BCUT2D eigenvalue weighted by Crippen LogP contribution is -2.40. The van der Waals surface area contributed by atoms with Crippen LogP contribution in [-0.4, -0.2) is 34.9 Å². The quantitative estimate of drug-likeness (QED) is 0.885. The van der Waals surface area contributed by atoms with E-state index >= 15 is 0 Å². The maximum Gasteiger partial charge on any atom is 0.255 e. The average Bonchev–Trinajstić information content (AvgIpc) is 2.93. The first-order chi connectivity index (χ1) is 9.22. The fourth-order valence-corrected chi connectivity index (χ4v) is 2.62. The molecule has 0 spiro atoms. The molecule has 0 saturated heterocycles.